The zero-order valence-corrected chi connectivity index (χ0v) is 22.3. The normalized spacial score (nSPS) is 11.9. The van der Waals surface area contributed by atoms with Gasteiger partial charge in [0.2, 0.25) is 0 Å². The van der Waals surface area contributed by atoms with Gasteiger partial charge >= 0.3 is 0 Å². The van der Waals surface area contributed by atoms with Crippen molar-refractivity contribution in [2.24, 2.45) is 5.92 Å². The first-order chi connectivity index (χ1) is 17.0. The van der Waals surface area contributed by atoms with Crippen LogP contribution in [-0.4, -0.2) is 6.61 Å². The maximum atomic E-state index is 6.12. The molecule has 3 heteroatoms. The molecule has 35 heavy (non-hydrogen) atoms. The number of hydrogen-bond donors (Lipinski definition) is 1. The summed E-state index contributed by atoms with van der Waals surface area (Å²) in [6.07, 6.45) is 6.21. The van der Waals surface area contributed by atoms with Gasteiger partial charge < -0.3 is 14.8 Å². The van der Waals surface area contributed by atoms with Crippen LogP contribution in [-0.2, 0) is 6.61 Å². The maximum absolute atomic E-state index is 6.12. The molecule has 3 nitrogen and oxygen atoms in total. The van der Waals surface area contributed by atoms with Crippen LogP contribution in [0.15, 0.2) is 66.7 Å². The first-order valence-corrected chi connectivity index (χ1v) is 13.3. The fourth-order valence-electron chi connectivity index (χ4n) is 4.46. The third-order valence-electron chi connectivity index (χ3n) is 6.67. The Hall–Kier alpha value is -2.94. The number of ether oxygens (including phenoxy) is 2. The summed E-state index contributed by atoms with van der Waals surface area (Å²) in [5.74, 6) is 3.01. The van der Waals surface area contributed by atoms with Crippen LogP contribution in [0.3, 0.4) is 0 Å². The van der Waals surface area contributed by atoms with Gasteiger partial charge in [0.05, 0.1) is 6.61 Å². The summed E-state index contributed by atoms with van der Waals surface area (Å²) in [6.45, 7) is 12.5. The third-order valence-corrected chi connectivity index (χ3v) is 6.67. The van der Waals surface area contributed by atoms with Crippen LogP contribution in [0.4, 0.5) is 11.4 Å². The van der Waals surface area contributed by atoms with Gasteiger partial charge in [-0.1, -0.05) is 83.4 Å². The van der Waals surface area contributed by atoms with Gasteiger partial charge in [0.1, 0.15) is 18.1 Å². The average molecular weight is 474 g/mol. The Morgan fingerprint density at radius 1 is 0.800 bits per heavy atom. The van der Waals surface area contributed by atoms with Crippen molar-refractivity contribution in [2.45, 2.75) is 79.2 Å². The lowest BCUT2D eigenvalue weighted by Gasteiger charge is -2.19. The first-order valence-electron chi connectivity index (χ1n) is 13.3. The molecular weight excluding hydrogens is 430 g/mol. The molecule has 0 spiro atoms. The van der Waals surface area contributed by atoms with Gasteiger partial charge in [0.25, 0.3) is 0 Å². The van der Waals surface area contributed by atoms with Gasteiger partial charge in [0.15, 0.2) is 0 Å². The van der Waals surface area contributed by atoms with Gasteiger partial charge in [-0.25, -0.2) is 0 Å². The van der Waals surface area contributed by atoms with Gasteiger partial charge in [-0.05, 0) is 72.6 Å². The van der Waals surface area contributed by atoms with Crippen molar-refractivity contribution in [1.29, 1.82) is 0 Å². The smallest absolute Gasteiger partial charge is 0.121 e. The van der Waals surface area contributed by atoms with Crippen LogP contribution in [0.5, 0.6) is 11.5 Å². The quantitative estimate of drug-likeness (QED) is 0.236. The number of benzene rings is 3. The topological polar surface area (TPSA) is 30.5 Å². The first kappa shape index (κ1) is 26.7. The summed E-state index contributed by atoms with van der Waals surface area (Å²) in [6, 6.07) is 23.0. The van der Waals surface area contributed by atoms with Gasteiger partial charge in [-0.2, -0.15) is 0 Å². The third kappa shape index (κ3) is 8.35. The molecule has 3 aromatic rings. The molecule has 0 saturated heterocycles. The molecule has 0 aliphatic carbocycles. The highest BCUT2D eigenvalue weighted by Gasteiger charge is 2.11. The summed E-state index contributed by atoms with van der Waals surface area (Å²) in [5.41, 5.74) is 5.80. The van der Waals surface area contributed by atoms with E-state index in [-0.39, 0.29) is 0 Å². The molecule has 0 bridgehead atoms. The monoisotopic (exact) mass is 473 g/mol. The minimum atomic E-state index is 0.368. The van der Waals surface area contributed by atoms with Crippen molar-refractivity contribution in [3.63, 3.8) is 0 Å². The van der Waals surface area contributed by atoms with E-state index in [1.807, 2.05) is 24.3 Å². The van der Waals surface area contributed by atoms with Crippen molar-refractivity contribution in [3.05, 3.63) is 83.4 Å². The molecule has 188 valence electrons. The van der Waals surface area contributed by atoms with E-state index in [0.29, 0.717) is 12.5 Å². The van der Waals surface area contributed by atoms with Crippen molar-refractivity contribution < 1.29 is 9.47 Å². The summed E-state index contributed by atoms with van der Waals surface area (Å²) in [7, 11) is 0. The van der Waals surface area contributed by atoms with Crippen molar-refractivity contribution >= 4 is 11.4 Å². The van der Waals surface area contributed by atoms with E-state index in [4.69, 9.17) is 9.47 Å². The molecule has 3 rings (SSSR count). The van der Waals surface area contributed by atoms with Crippen molar-refractivity contribution in [1.82, 2.24) is 0 Å². The van der Waals surface area contributed by atoms with Gasteiger partial charge in [0, 0.05) is 17.4 Å². The summed E-state index contributed by atoms with van der Waals surface area (Å²) in [5, 5.41) is 3.66. The van der Waals surface area contributed by atoms with Gasteiger partial charge in [-0.15, -0.1) is 0 Å². The summed E-state index contributed by atoms with van der Waals surface area (Å²) in [4.78, 5) is 0. The number of nitrogens with one attached hydrogen (secondary N) is 1. The van der Waals surface area contributed by atoms with Gasteiger partial charge in [-0.3, -0.25) is 0 Å². The lowest BCUT2D eigenvalue weighted by atomic mass is 9.96. The molecule has 0 radical (unpaired) electrons. The molecule has 0 saturated carbocycles. The zero-order valence-electron chi connectivity index (χ0n) is 22.3. The van der Waals surface area contributed by atoms with Crippen LogP contribution in [0.2, 0.25) is 0 Å². The molecule has 0 aliphatic rings. The minimum absolute atomic E-state index is 0.368. The van der Waals surface area contributed by atoms with Crippen molar-refractivity contribution in [2.75, 3.05) is 11.9 Å². The summed E-state index contributed by atoms with van der Waals surface area (Å²) < 4.78 is 12.2. The highest BCUT2D eigenvalue weighted by Crippen LogP contribution is 2.33. The lowest BCUT2D eigenvalue weighted by molar-refractivity contribution is 0.286. The lowest BCUT2D eigenvalue weighted by Crippen LogP contribution is -2.04. The average Bonchev–Trinajstić information content (AvgIpc) is 2.87. The molecule has 0 aromatic heterocycles. The Bertz CT molecular complexity index is 1030. The summed E-state index contributed by atoms with van der Waals surface area (Å²) >= 11 is 0. The van der Waals surface area contributed by atoms with Crippen LogP contribution < -0.4 is 14.8 Å². The molecule has 0 fully saturated rings. The Labute approximate surface area is 212 Å². The Balaban J connectivity index is 1.64. The second-order valence-electron chi connectivity index (χ2n) is 9.83. The second-order valence-corrected chi connectivity index (χ2v) is 9.83. The Kier molecular flexibility index (Phi) is 10.5. The predicted octanol–water partition coefficient (Wildman–Crippen LogP) is 9.43. The van der Waals surface area contributed by atoms with Crippen LogP contribution in [0.25, 0.3) is 0 Å². The van der Waals surface area contributed by atoms with E-state index in [1.54, 1.807) is 0 Å². The molecule has 0 amide bonds. The molecule has 1 unspecified atom stereocenters. The zero-order chi connectivity index (χ0) is 25.0. The Morgan fingerprint density at radius 3 is 2.26 bits per heavy atom. The molecule has 1 atom stereocenters. The minimum Gasteiger partial charge on any atom is -0.494 e. The van der Waals surface area contributed by atoms with Crippen LogP contribution in [0, 0.1) is 12.8 Å². The van der Waals surface area contributed by atoms with E-state index >= 15 is 0 Å². The molecule has 3 aromatic carbocycles. The molecule has 0 aliphatic heterocycles. The highest BCUT2D eigenvalue weighted by molar-refractivity contribution is 5.68. The van der Waals surface area contributed by atoms with Crippen LogP contribution in [0.1, 0.15) is 82.4 Å². The molecular formula is C32H43NO2. The number of hydrogen-bond acceptors (Lipinski definition) is 3. The number of aryl methyl sites for hydroxylation is 1. The number of rotatable bonds is 14. The predicted molar refractivity (Wildman–Crippen MR) is 149 cm³/mol. The molecule has 1 N–H and O–H groups in total. The number of anilines is 2. The fraction of sp³-hybridized carbons (Fsp3) is 0.438. The largest absolute Gasteiger partial charge is 0.494 e. The van der Waals surface area contributed by atoms with E-state index < -0.39 is 0 Å². The fourth-order valence-corrected chi connectivity index (χ4v) is 4.46. The van der Waals surface area contributed by atoms with E-state index in [1.165, 1.54) is 42.4 Å². The maximum Gasteiger partial charge on any atom is 0.121 e. The van der Waals surface area contributed by atoms with Crippen LogP contribution >= 0.6 is 0 Å². The highest BCUT2D eigenvalue weighted by atomic mass is 16.5. The molecule has 0 heterocycles. The Morgan fingerprint density at radius 2 is 1.54 bits per heavy atom. The van der Waals surface area contributed by atoms with E-state index in [0.717, 1.165) is 41.8 Å². The second kappa shape index (κ2) is 13.8. The van der Waals surface area contributed by atoms with E-state index in [2.05, 4.69) is 82.4 Å². The van der Waals surface area contributed by atoms with E-state index in [9.17, 15) is 0 Å². The SMILES string of the molecule is CCCC(CC)CCCOc1ccc(C)c(Nc2ccc(OCc3ccccc3)cc2C(C)C)c1. The standard InChI is InChI=1S/C32H43NO2/c1-6-12-26(7-2)15-11-20-34-29-17-16-25(5)32(22-29)33-31-19-18-28(21-30(31)24(3)4)35-23-27-13-9-8-10-14-27/h8-10,13-14,16-19,21-22,24,26,33H,6-7,11-12,15,20,23H2,1-5H3. The van der Waals surface area contributed by atoms with Crippen molar-refractivity contribution in [3.8, 4) is 11.5 Å².